The third kappa shape index (κ3) is 2.71. The molecule has 0 saturated heterocycles. The van der Waals surface area contributed by atoms with Crippen molar-refractivity contribution in [3.8, 4) is 0 Å². The Hall–Kier alpha value is -1.62. The number of carbonyl (C=O) groups is 1. The van der Waals surface area contributed by atoms with Crippen LogP contribution in [-0.2, 0) is 12.8 Å². The maximum atomic E-state index is 12.1. The Balaban J connectivity index is 1.76. The molecule has 3 rings (SSSR count). The minimum atomic E-state index is -0.0913. The molecule has 100 valence electrons. The van der Waals surface area contributed by atoms with Crippen LogP contribution in [0.2, 0.25) is 0 Å². The van der Waals surface area contributed by atoms with Crippen molar-refractivity contribution in [3.63, 3.8) is 0 Å². The van der Waals surface area contributed by atoms with Gasteiger partial charge in [0, 0.05) is 10.9 Å². The summed E-state index contributed by atoms with van der Waals surface area (Å²) in [6.07, 6.45) is 5.96. The predicted octanol–water partition coefficient (Wildman–Crippen LogP) is 3.57. The van der Waals surface area contributed by atoms with Gasteiger partial charge in [-0.3, -0.25) is 4.79 Å². The number of rotatable bonds is 2. The van der Waals surface area contributed by atoms with Gasteiger partial charge in [0.1, 0.15) is 5.76 Å². The number of anilines is 1. The third-order valence-electron chi connectivity index (χ3n) is 3.34. The number of carbonyl (C=O) groups excluding carboxylic acids is 1. The summed E-state index contributed by atoms with van der Waals surface area (Å²) in [4.78, 5) is 14.3. The number of hydrogen-bond donors (Lipinski definition) is 1. The van der Waals surface area contributed by atoms with Gasteiger partial charge in [-0.25, -0.2) is 0 Å². The van der Waals surface area contributed by atoms with Crippen LogP contribution < -0.4 is 5.32 Å². The number of nitrogens with one attached hydrogen (secondary N) is 1. The summed E-state index contributed by atoms with van der Waals surface area (Å²) < 4.78 is 4.94. The minimum Gasteiger partial charge on any atom is -0.360 e. The van der Waals surface area contributed by atoms with Crippen LogP contribution in [0.1, 0.15) is 45.1 Å². The molecule has 2 aromatic heterocycles. The van der Waals surface area contributed by atoms with E-state index in [1.807, 2.05) is 6.07 Å². The van der Waals surface area contributed by atoms with Gasteiger partial charge >= 0.3 is 0 Å². The van der Waals surface area contributed by atoms with Gasteiger partial charge in [0.25, 0.3) is 5.91 Å². The van der Waals surface area contributed by atoms with Gasteiger partial charge in [0.15, 0.2) is 5.82 Å². The lowest BCUT2D eigenvalue weighted by Crippen LogP contribution is -2.10. The lowest BCUT2D eigenvalue weighted by molar-refractivity contribution is 0.102. The molecule has 19 heavy (non-hydrogen) atoms. The normalized spacial score (nSPS) is 14.8. The molecule has 0 atom stereocenters. The SMILES string of the molecule is Cc1cc(NC(=O)c2cc3c(s2)CCCCC3)no1. The molecule has 1 aliphatic rings. The highest BCUT2D eigenvalue weighted by Gasteiger charge is 2.17. The van der Waals surface area contributed by atoms with Gasteiger partial charge in [-0.2, -0.15) is 0 Å². The summed E-state index contributed by atoms with van der Waals surface area (Å²) in [7, 11) is 0. The molecule has 1 N–H and O–H groups in total. The topological polar surface area (TPSA) is 55.1 Å². The van der Waals surface area contributed by atoms with E-state index in [9.17, 15) is 4.79 Å². The van der Waals surface area contributed by atoms with Crippen LogP contribution in [0.5, 0.6) is 0 Å². The zero-order chi connectivity index (χ0) is 13.2. The predicted molar refractivity (Wildman–Crippen MR) is 74.8 cm³/mol. The van der Waals surface area contributed by atoms with Crippen molar-refractivity contribution < 1.29 is 9.32 Å². The lowest BCUT2D eigenvalue weighted by Gasteiger charge is -1.97. The van der Waals surface area contributed by atoms with Crippen LogP contribution in [0, 0.1) is 6.92 Å². The van der Waals surface area contributed by atoms with Crippen molar-refractivity contribution in [1.29, 1.82) is 0 Å². The Morgan fingerprint density at radius 1 is 1.32 bits per heavy atom. The smallest absolute Gasteiger partial charge is 0.266 e. The molecule has 2 heterocycles. The van der Waals surface area contributed by atoms with Crippen LogP contribution >= 0.6 is 11.3 Å². The maximum Gasteiger partial charge on any atom is 0.266 e. The molecule has 1 aliphatic carbocycles. The number of thiophene rings is 1. The molecule has 0 saturated carbocycles. The standard InChI is InChI=1S/C14H16N2O2S/c1-9-7-13(16-18-9)15-14(17)12-8-10-5-3-2-4-6-11(10)19-12/h7-8H,2-6H2,1H3,(H,15,16,17). The summed E-state index contributed by atoms with van der Waals surface area (Å²) in [5.74, 6) is 1.08. The number of hydrogen-bond acceptors (Lipinski definition) is 4. The van der Waals surface area contributed by atoms with Crippen LogP contribution in [0.15, 0.2) is 16.7 Å². The number of fused-ring (bicyclic) bond motifs is 1. The van der Waals surface area contributed by atoms with Gasteiger partial charge in [0.05, 0.1) is 4.88 Å². The Bertz CT molecular complexity index is 577. The summed E-state index contributed by atoms with van der Waals surface area (Å²) in [6, 6.07) is 3.75. The Labute approximate surface area is 115 Å². The fourth-order valence-electron chi connectivity index (χ4n) is 2.38. The monoisotopic (exact) mass is 276 g/mol. The van der Waals surface area contributed by atoms with Crippen LogP contribution in [0.4, 0.5) is 5.82 Å². The molecule has 0 aromatic carbocycles. The highest BCUT2D eigenvalue weighted by atomic mass is 32.1. The summed E-state index contributed by atoms with van der Waals surface area (Å²) in [5.41, 5.74) is 1.35. The van der Waals surface area contributed by atoms with Gasteiger partial charge in [-0.1, -0.05) is 11.6 Å². The second-order valence-corrected chi connectivity index (χ2v) is 6.03. The van der Waals surface area contributed by atoms with E-state index in [4.69, 9.17) is 4.52 Å². The van der Waals surface area contributed by atoms with Crippen molar-refractivity contribution >= 4 is 23.1 Å². The fraction of sp³-hybridized carbons (Fsp3) is 0.429. The summed E-state index contributed by atoms with van der Waals surface area (Å²) in [5, 5.41) is 6.55. The van der Waals surface area contributed by atoms with Gasteiger partial charge in [-0.15, -0.1) is 11.3 Å². The zero-order valence-corrected chi connectivity index (χ0v) is 11.7. The first kappa shape index (κ1) is 12.4. The first-order chi connectivity index (χ1) is 9.22. The van der Waals surface area contributed by atoms with Gasteiger partial charge in [-0.05, 0) is 44.2 Å². The van der Waals surface area contributed by atoms with E-state index in [0.717, 1.165) is 17.7 Å². The van der Waals surface area contributed by atoms with Crippen molar-refractivity contribution in [2.24, 2.45) is 0 Å². The summed E-state index contributed by atoms with van der Waals surface area (Å²) in [6.45, 7) is 1.80. The highest BCUT2D eigenvalue weighted by Crippen LogP contribution is 2.29. The van der Waals surface area contributed by atoms with E-state index in [1.54, 1.807) is 24.3 Å². The molecule has 0 bridgehead atoms. The number of aryl methyl sites for hydroxylation is 3. The molecule has 5 heteroatoms. The number of nitrogens with zero attached hydrogens (tertiary/aromatic N) is 1. The van der Waals surface area contributed by atoms with Crippen LogP contribution in [-0.4, -0.2) is 11.1 Å². The third-order valence-corrected chi connectivity index (χ3v) is 4.58. The Morgan fingerprint density at radius 3 is 2.95 bits per heavy atom. The van der Waals surface area contributed by atoms with Crippen molar-refractivity contribution in [1.82, 2.24) is 5.16 Å². The molecule has 0 spiro atoms. The van der Waals surface area contributed by atoms with E-state index in [2.05, 4.69) is 10.5 Å². The number of aromatic nitrogens is 1. The largest absolute Gasteiger partial charge is 0.360 e. The zero-order valence-electron chi connectivity index (χ0n) is 10.9. The molecule has 0 fully saturated rings. The van der Waals surface area contributed by atoms with E-state index >= 15 is 0 Å². The van der Waals surface area contributed by atoms with Crippen molar-refractivity contribution in [2.45, 2.75) is 39.0 Å². The van der Waals surface area contributed by atoms with E-state index in [0.29, 0.717) is 11.6 Å². The molecule has 0 radical (unpaired) electrons. The molecular formula is C14H16N2O2S. The molecule has 2 aromatic rings. The second-order valence-electron chi connectivity index (χ2n) is 4.90. The Morgan fingerprint density at radius 2 is 2.16 bits per heavy atom. The van der Waals surface area contributed by atoms with E-state index < -0.39 is 0 Å². The highest BCUT2D eigenvalue weighted by molar-refractivity contribution is 7.14. The van der Waals surface area contributed by atoms with Crippen LogP contribution in [0.25, 0.3) is 0 Å². The molecule has 4 nitrogen and oxygen atoms in total. The lowest BCUT2D eigenvalue weighted by atomic mass is 10.1. The molecular weight excluding hydrogens is 260 g/mol. The van der Waals surface area contributed by atoms with Crippen molar-refractivity contribution in [2.75, 3.05) is 5.32 Å². The molecule has 0 aliphatic heterocycles. The average Bonchev–Trinajstić information content (AvgIpc) is 2.91. The van der Waals surface area contributed by atoms with Gasteiger partial charge < -0.3 is 9.84 Å². The average molecular weight is 276 g/mol. The molecule has 0 unspecified atom stereocenters. The quantitative estimate of drug-likeness (QED) is 0.853. The fourth-order valence-corrected chi connectivity index (χ4v) is 3.53. The van der Waals surface area contributed by atoms with Crippen molar-refractivity contribution in [3.05, 3.63) is 33.2 Å². The minimum absolute atomic E-state index is 0.0913. The van der Waals surface area contributed by atoms with Crippen LogP contribution in [0.3, 0.4) is 0 Å². The molecule has 1 amide bonds. The summed E-state index contributed by atoms with van der Waals surface area (Å²) >= 11 is 1.61. The van der Waals surface area contributed by atoms with E-state index in [-0.39, 0.29) is 5.91 Å². The van der Waals surface area contributed by atoms with E-state index in [1.165, 1.54) is 29.7 Å². The Kier molecular flexibility index (Phi) is 3.38. The second kappa shape index (κ2) is 5.17. The first-order valence-electron chi connectivity index (χ1n) is 6.58. The van der Waals surface area contributed by atoms with Gasteiger partial charge in [0.2, 0.25) is 0 Å². The number of amides is 1. The maximum absolute atomic E-state index is 12.1. The first-order valence-corrected chi connectivity index (χ1v) is 7.40.